The molecular weight excluding hydrogens is 266 g/mol. The number of fused-ring (bicyclic) bond motifs is 1. The topological polar surface area (TPSA) is 84.2 Å². The molecule has 4 N–H and O–H groups in total. The predicted molar refractivity (Wildman–Crippen MR) is 80.8 cm³/mol. The fourth-order valence-electron chi connectivity index (χ4n) is 3.50. The summed E-state index contributed by atoms with van der Waals surface area (Å²) in [6.45, 7) is 0.819. The summed E-state index contributed by atoms with van der Waals surface area (Å²) >= 11 is 0. The van der Waals surface area contributed by atoms with Crippen LogP contribution in [0.4, 0.5) is 5.69 Å². The SMILES string of the molecule is NCCNC(=O)c1ccccc1NC(=O)C1C2CCCC21. The van der Waals surface area contributed by atoms with Crippen LogP contribution in [0.2, 0.25) is 0 Å². The van der Waals surface area contributed by atoms with Crippen LogP contribution in [0.15, 0.2) is 24.3 Å². The van der Waals surface area contributed by atoms with E-state index >= 15 is 0 Å². The minimum absolute atomic E-state index is 0.0591. The first-order valence-corrected chi connectivity index (χ1v) is 7.60. The molecule has 3 rings (SSSR count). The summed E-state index contributed by atoms with van der Waals surface area (Å²) in [5.74, 6) is 1.15. The Morgan fingerprint density at radius 3 is 2.62 bits per heavy atom. The van der Waals surface area contributed by atoms with E-state index in [1.54, 1.807) is 18.2 Å². The van der Waals surface area contributed by atoms with Gasteiger partial charge in [0, 0.05) is 19.0 Å². The first-order valence-electron chi connectivity index (χ1n) is 7.60. The minimum Gasteiger partial charge on any atom is -0.351 e. The standard InChI is InChI=1S/C16H21N3O2/c17-8-9-18-15(20)12-4-1-2-7-13(12)19-16(21)14-10-5-3-6-11(10)14/h1-2,4,7,10-11,14H,3,5-6,8-9,17H2,(H,18,20)(H,19,21). The van der Waals surface area contributed by atoms with Gasteiger partial charge in [-0.25, -0.2) is 0 Å². The van der Waals surface area contributed by atoms with E-state index in [-0.39, 0.29) is 17.7 Å². The van der Waals surface area contributed by atoms with Crippen LogP contribution < -0.4 is 16.4 Å². The maximum Gasteiger partial charge on any atom is 0.253 e. The Morgan fingerprint density at radius 1 is 1.19 bits per heavy atom. The van der Waals surface area contributed by atoms with Gasteiger partial charge in [-0.1, -0.05) is 18.6 Å². The van der Waals surface area contributed by atoms with Crippen molar-refractivity contribution in [2.75, 3.05) is 18.4 Å². The molecule has 0 bridgehead atoms. The lowest BCUT2D eigenvalue weighted by atomic mass is 10.1. The highest BCUT2D eigenvalue weighted by Crippen LogP contribution is 2.57. The molecular formula is C16H21N3O2. The van der Waals surface area contributed by atoms with Gasteiger partial charge in [-0.3, -0.25) is 9.59 Å². The summed E-state index contributed by atoms with van der Waals surface area (Å²) in [6.07, 6.45) is 3.58. The van der Waals surface area contributed by atoms with Crippen LogP contribution in [-0.2, 0) is 4.79 Å². The lowest BCUT2D eigenvalue weighted by Crippen LogP contribution is -2.30. The van der Waals surface area contributed by atoms with E-state index < -0.39 is 0 Å². The maximum atomic E-state index is 12.3. The van der Waals surface area contributed by atoms with Gasteiger partial charge in [0.1, 0.15) is 0 Å². The first kappa shape index (κ1) is 14.1. The number of benzene rings is 1. The van der Waals surface area contributed by atoms with Crippen LogP contribution in [0.5, 0.6) is 0 Å². The summed E-state index contributed by atoms with van der Waals surface area (Å²) in [6, 6.07) is 7.10. The van der Waals surface area contributed by atoms with Crippen LogP contribution in [0.1, 0.15) is 29.6 Å². The van der Waals surface area contributed by atoms with Gasteiger partial charge in [0.15, 0.2) is 0 Å². The highest BCUT2D eigenvalue weighted by atomic mass is 16.2. The molecule has 2 amide bonds. The molecule has 5 nitrogen and oxygen atoms in total. The Bertz CT molecular complexity index is 548. The van der Waals surface area contributed by atoms with E-state index in [0.717, 1.165) is 0 Å². The highest BCUT2D eigenvalue weighted by molar-refractivity contribution is 6.04. The zero-order valence-electron chi connectivity index (χ0n) is 12.0. The summed E-state index contributed by atoms with van der Waals surface area (Å²) in [5.41, 5.74) is 6.47. The highest BCUT2D eigenvalue weighted by Gasteiger charge is 2.56. The third-order valence-electron chi connectivity index (χ3n) is 4.57. The Hall–Kier alpha value is -1.88. The number of amides is 2. The molecule has 2 saturated carbocycles. The molecule has 21 heavy (non-hydrogen) atoms. The lowest BCUT2D eigenvalue weighted by Gasteiger charge is -2.11. The van der Waals surface area contributed by atoms with Crippen molar-refractivity contribution in [3.63, 3.8) is 0 Å². The number of hydrogen-bond acceptors (Lipinski definition) is 3. The third kappa shape index (κ3) is 2.78. The first-order chi connectivity index (χ1) is 10.2. The van der Waals surface area contributed by atoms with E-state index in [9.17, 15) is 9.59 Å². The van der Waals surface area contributed by atoms with Crippen LogP contribution in [0.3, 0.4) is 0 Å². The van der Waals surface area contributed by atoms with Crippen molar-refractivity contribution in [1.82, 2.24) is 5.32 Å². The zero-order valence-corrected chi connectivity index (χ0v) is 12.0. The average molecular weight is 287 g/mol. The number of para-hydroxylation sites is 1. The second-order valence-electron chi connectivity index (χ2n) is 5.86. The zero-order chi connectivity index (χ0) is 14.8. The van der Waals surface area contributed by atoms with E-state index in [1.165, 1.54) is 19.3 Å². The second kappa shape index (κ2) is 5.85. The average Bonchev–Trinajstić information content (AvgIpc) is 2.99. The van der Waals surface area contributed by atoms with Gasteiger partial charge in [-0.2, -0.15) is 0 Å². The quantitative estimate of drug-likeness (QED) is 0.764. The van der Waals surface area contributed by atoms with Crippen LogP contribution >= 0.6 is 0 Å². The number of carbonyl (C=O) groups is 2. The van der Waals surface area contributed by atoms with Crippen molar-refractivity contribution in [3.05, 3.63) is 29.8 Å². The fraction of sp³-hybridized carbons (Fsp3) is 0.500. The number of hydrogen-bond donors (Lipinski definition) is 3. The van der Waals surface area contributed by atoms with E-state index in [1.807, 2.05) is 6.07 Å². The third-order valence-corrected chi connectivity index (χ3v) is 4.57. The molecule has 2 unspecified atom stereocenters. The largest absolute Gasteiger partial charge is 0.351 e. The second-order valence-corrected chi connectivity index (χ2v) is 5.86. The molecule has 0 aromatic heterocycles. The molecule has 1 aromatic carbocycles. The Balaban J connectivity index is 1.67. The smallest absolute Gasteiger partial charge is 0.253 e. The van der Waals surface area contributed by atoms with Crippen molar-refractivity contribution in [1.29, 1.82) is 0 Å². The Kier molecular flexibility index (Phi) is 3.92. The number of nitrogens with one attached hydrogen (secondary N) is 2. The van der Waals surface area contributed by atoms with Gasteiger partial charge in [0.25, 0.3) is 5.91 Å². The number of anilines is 1. The fourth-order valence-corrected chi connectivity index (χ4v) is 3.50. The predicted octanol–water partition coefficient (Wildman–Crippen LogP) is 1.36. The number of carbonyl (C=O) groups excluding carboxylic acids is 2. The van der Waals surface area contributed by atoms with Gasteiger partial charge in [0.2, 0.25) is 5.91 Å². The number of nitrogens with two attached hydrogens (primary N) is 1. The molecule has 112 valence electrons. The van der Waals surface area contributed by atoms with E-state index in [2.05, 4.69) is 10.6 Å². The summed E-state index contributed by atoms with van der Waals surface area (Å²) in [7, 11) is 0. The van der Waals surface area contributed by atoms with Crippen LogP contribution in [0.25, 0.3) is 0 Å². The summed E-state index contributed by atoms with van der Waals surface area (Å²) in [4.78, 5) is 24.4. The van der Waals surface area contributed by atoms with Crippen LogP contribution in [-0.4, -0.2) is 24.9 Å². The molecule has 2 aliphatic carbocycles. The minimum atomic E-state index is -0.202. The normalized spacial score (nSPS) is 26.0. The van der Waals surface area contributed by atoms with Gasteiger partial charge in [-0.15, -0.1) is 0 Å². The maximum absolute atomic E-state index is 12.3. The summed E-state index contributed by atoms with van der Waals surface area (Å²) in [5, 5.41) is 5.66. The van der Waals surface area contributed by atoms with Gasteiger partial charge < -0.3 is 16.4 Å². The van der Waals surface area contributed by atoms with Gasteiger partial charge in [0.05, 0.1) is 11.3 Å². The molecule has 5 heteroatoms. The molecule has 0 heterocycles. The molecule has 2 aliphatic rings. The molecule has 1 aromatic rings. The Morgan fingerprint density at radius 2 is 1.90 bits per heavy atom. The van der Waals surface area contributed by atoms with Crippen molar-refractivity contribution < 1.29 is 9.59 Å². The van der Waals surface area contributed by atoms with E-state index in [0.29, 0.717) is 36.2 Å². The van der Waals surface area contributed by atoms with E-state index in [4.69, 9.17) is 5.73 Å². The monoisotopic (exact) mass is 287 g/mol. The van der Waals surface area contributed by atoms with Crippen molar-refractivity contribution in [2.24, 2.45) is 23.5 Å². The van der Waals surface area contributed by atoms with Crippen LogP contribution in [0, 0.1) is 17.8 Å². The van der Waals surface area contributed by atoms with Crippen molar-refractivity contribution in [3.8, 4) is 0 Å². The lowest BCUT2D eigenvalue weighted by molar-refractivity contribution is -0.118. The molecule has 0 spiro atoms. The molecule has 2 atom stereocenters. The van der Waals surface area contributed by atoms with Gasteiger partial charge >= 0.3 is 0 Å². The van der Waals surface area contributed by atoms with Crippen molar-refractivity contribution >= 4 is 17.5 Å². The summed E-state index contributed by atoms with van der Waals surface area (Å²) < 4.78 is 0. The van der Waals surface area contributed by atoms with Crippen molar-refractivity contribution in [2.45, 2.75) is 19.3 Å². The molecule has 0 radical (unpaired) electrons. The molecule has 0 saturated heterocycles. The van der Waals surface area contributed by atoms with Gasteiger partial charge in [-0.05, 0) is 36.8 Å². The molecule has 2 fully saturated rings. The number of rotatable bonds is 5. The molecule has 0 aliphatic heterocycles. The Labute approximate surface area is 124 Å².